The van der Waals surface area contributed by atoms with E-state index in [2.05, 4.69) is 0 Å². The summed E-state index contributed by atoms with van der Waals surface area (Å²) >= 11 is 0. The molecular formula is NO3S+. The molecule has 0 aromatic heterocycles. The van der Waals surface area contributed by atoms with Crippen molar-refractivity contribution < 1.29 is 8.42 Å². The van der Waals surface area contributed by atoms with Gasteiger partial charge in [-0.3, -0.25) is 0 Å². The van der Waals surface area contributed by atoms with Gasteiger partial charge in [-0.25, -0.2) is 0 Å². The summed E-state index contributed by atoms with van der Waals surface area (Å²) in [5, 5.41) is 0. The van der Waals surface area contributed by atoms with Crippen molar-refractivity contribution in [2.45, 2.75) is 0 Å². The number of hydrogen-bond acceptors (Lipinski definition) is 3. The summed E-state index contributed by atoms with van der Waals surface area (Å²) in [4.78, 5) is 8.64. The Kier molecular flexibility index (Phi) is 1.41. The molecule has 0 heterocycles. The molecule has 0 saturated carbocycles. The molecule has 0 radical (unpaired) electrons. The molecule has 0 unspecified atom stereocenters. The minimum absolute atomic E-state index is 1.56. The molecule has 5 heavy (non-hydrogen) atoms. The van der Waals surface area contributed by atoms with E-state index in [0.717, 1.165) is 0 Å². The van der Waals surface area contributed by atoms with Crippen LogP contribution in [-0.4, -0.2) is 8.42 Å². The second-order valence-corrected chi connectivity index (χ2v) is 0.875. The molecule has 0 aromatic rings. The molecule has 0 saturated heterocycles. The van der Waals surface area contributed by atoms with Crippen LogP contribution in [0, 0.1) is 4.91 Å². The molecule has 0 bridgehead atoms. The normalized spacial score (nSPS) is 5.60. The zero-order chi connectivity index (χ0) is 4.28. The van der Waals surface area contributed by atoms with Crippen LogP contribution in [0.5, 0.6) is 0 Å². The van der Waals surface area contributed by atoms with Crippen molar-refractivity contribution in [3.8, 4) is 0 Å². The highest BCUT2D eigenvalue weighted by molar-refractivity contribution is 7.60. The zero-order valence-corrected chi connectivity index (χ0v) is 2.90. The van der Waals surface area contributed by atoms with Crippen LogP contribution < -0.4 is 4.22 Å². The van der Waals surface area contributed by atoms with Crippen LogP contribution in [-0.2, 0) is 10.5 Å². The van der Waals surface area contributed by atoms with E-state index in [0.29, 0.717) is 0 Å². The first-order valence-corrected chi connectivity index (χ1v) is 1.73. The molecule has 0 spiro atoms. The van der Waals surface area contributed by atoms with Gasteiger partial charge in [-0.2, -0.15) is 0 Å². The topological polar surface area (TPSA) is 65.3 Å². The van der Waals surface area contributed by atoms with Crippen molar-refractivity contribution in [1.29, 1.82) is 0 Å². The summed E-state index contributed by atoms with van der Waals surface area (Å²) in [6.45, 7) is 0. The molecule has 0 aliphatic carbocycles. The van der Waals surface area contributed by atoms with Gasteiger partial charge in [0.1, 0.15) is 0 Å². The van der Waals surface area contributed by atoms with Gasteiger partial charge in [0.05, 0.1) is 0 Å². The predicted octanol–water partition coefficient (Wildman–Crippen LogP) is -1.12. The van der Waals surface area contributed by atoms with Crippen molar-refractivity contribution in [3.63, 3.8) is 0 Å². The summed E-state index contributed by atoms with van der Waals surface area (Å²) in [5.74, 6) is 0. The van der Waals surface area contributed by atoms with Crippen LogP contribution >= 0.6 is 0 Å². The highest BCUT2D eigenvalue weighted by atomic mass is 32.2. The van der Waals surface area contributed by atoms with Crippen LogP contribution in [0.1, 0.15) is 0 Å². The van der Waals surface area contributed by atoms with E-state index < -0.39 is 10.5 Å². The molecule has 4 nitrogen and oxygen atoms in total. The molecule has 0 rings (SSSR count). The largest absolute Gasteiger partial charge is 0.652 e. The number of nitroso groups, excluding NO2 is 1. The zero-order valence-electron chi connectivity index (χ0n) is 2.08. The average Bonchev–Trinajstić information content (AvgIpc) is 1.38. The smallest absolute Gasteiger partial charge is 0.104 e. The Morgan fingerprint density at radius 1 is 1.40 bits per heavy atom. The quantitative estimate of drug-likeness (QED) is 0.357. The monoisotopic (exact) mass is 94.0 g/mol. The SMILES string of the molecule is O=[N+]=S(=O)=O. The van der Waals surface area contributed by atoms with Gasteiger partial charge in [-0.15, -0.1) is 8.42 Å². The van der Waals surface area contributed by atoms with E-state index in [1.165, 1.54) is 0 Å². The van der Waals surface area contributed by atoms with Gasteiger partial charge in [0.15, 0.2) is 4.91 Å². The van der Waals surface area contributed by atoms with E-state index in [1.807, 2.05) is 0 Å². The second kappa shape index (κ2) is 1.63. The molecule has 0 atom stereocenters. The molecule has 0 aliphatic rings. The van der Waals surface area contributed by atoms with Gasteiger partial charge >= 0.3 is 14.7 Å². The lowest BCUT2D eigenvalue weighted by molar-refractivity contribution is 0.622. The maximum Gasteiger partial charge on any atom is 0.652 e. The summed E-state index contributed by atoms with van der Waals surface area (Å²) in [7, 11) is -2.75. The van der Waals surface area contributed by atoms with E-state index in [9.17, 15) is 0 Å². The third-order valence-electron chi connectivity index (χ3n) is 0.0609. The van der Waals surface area contributed by atoms with Crippen LogP contribution in [0.4, 0.5) is 0 Å². The minimum atomic E-state index is -2.75. The van der Waals surface area contributed by atoms with Crippen molar-refractivity contribution in [2.75, 3.05) is 0 Å². The summed E-state index contributed by atoms with van der Waals surface area (Å²) < 4.78 is 19.3. The minimum Gasteiger partial charge on any atom is -0.104 e. The molecule has 0 aromatic carbocycles. The lowest BCUT2D eigenvalue weighted by Crippen LogP contribution is -1.53. The number of rotatable bonds is 0. The molecule has 0 aliphatic heterocycles. The Balaban J connectivity index is 5.08. The van der Waals surface area contributed by atoms with Crippen molar-refractivity contribution >= 4 is 10.5 Å². The third-order valence-corrected chi connectivity index (χ3v) is 0.183. The van der Waals surface area contributed by atoms with Gasteiger partial charge in [0.2, 0.25) is 0 Å². The summed E-state index contributed by atoms with van der Waals surface area (Å²) in [5.41, 5.74) is 0. The van der Waals surface area contributed by atoms with Gasteiger partial charge in [-0.05, 0) is 0 Å². The molecular weight excluding hydrogens is 94.1 g/mol. The molecule has 28 valence electrons. The van der Waals surface area contributed by atoms with Crippen molar-refractivity contribution in [3.05, 3.63) is 4.91 Å². The Morgan fingerprint density at radius 2 is 1.60 bits per heavy atom. The predicted molar refractivity (Wildman–Crippen MR) is 14.4 cm³/mol. The third kappa shape index (κ3) is 3.33. The Morgan fingerprint density at radius 3 is 1.60 bits per heavy atom. The van der Waals surface area contributed by atoms with E-state index in [1.54, 1.807) is 4.22 Å². The maximum absolute atomic E-state index is 8.89. The van der Waals surface area contributed by atoms with Gasteiger partial charge < -0.3 is 0 Å². The Hall–Kier alpha value is -0.670. The van der Waals surface area contributed by atoms with E-state index in [-0.39, 0.29) is 0 Å². The highest BCUT2D eigenvalue weighted by Gasteiger charge is 1.71. The fraction of sp³-hybridized carbons (Fsp3) is 0. The van der Waals surface area contributed by atoms with E-state index in [4.69, 9.17) is 13.3 Å². The maximum atomic E-state index is 8.89. The van der Waals surface area contributed by atoms with Gasteiger partial charge in [0, 0.05) is 0 Å². The van der Waals surface area contributed by atoms with Crippen LogP contribution in [0.2, 0.25) is 0 Å². The highest BCUT2D eigenvalue weighted by Crippen LogP contribution is 1.12. The van der Waals surface area contributed by atoms with Crippen molar-refractivity contribution in [1.82, 2.24) is 4.22 Å². The fourth-order valence-corrected chi connectivity index (χ4v) is 0. The lowest BCUT2D eigenvalue weighted by atomic mass is 13.8. The van der Waals surface area contributed by atoms with Crippen LogP contribution in [0.15, 0.2) is 0 Å². The molecule has 0 amide bonds. The summed E-state index contributed by atoms with van der Waals surface area (Å²) in [6.07, 6.45) is 0. The van der Waals surface area contributed by atoms with E-state index >= 15 is 0 Å². The first-order chi connectivity index (χ1) is 2.27. The number of nitrogens with zero attached hydrogens (tertiary/aromatic N) is 1. The van der Waals surface area contributed by atoms with Crippen molar-refractivity contribution in [2.24, 2.45) is 0 Å². The standard InChI is InChI=1S/NO3S/c2-1-5(3)4/q+1. The lowest BCUT2D eigenvalue weighted by Gasteiger charge is -0.995. The molecule has 5 heteroatoms. The first kappa shape index (κ1) is 4.33. The van der Waals surface area contributed by atoms with Crippen LogP contribution in [0.25, 0.3) is 0 Å². The fourth-order valence-electron chi connectivity index (χ4n) is 0. The van der Waals surface area contributed by atoms with Gasteiger partial charge in [-0.1, -0.05) is 0 Å². The first-order valence-electron chi connectivity index (χ1n) is 0.698. The second-order valence-electron chi connectivity index (χ2n) is 0.292. The van der Waals surface area contributed by atoms with Crippen LogP contribution in [0.3, 0.4) is 0 Å². The molecule has 0 N–H and O–H groups in total. The Labute approximate surface area is 29.1 Å². The number of hydrogen-bond donors (Lipinski definition) is 0. The summed E-state index contributed by atoms with van der Waals surface area (Å²) in [6, 6.07) is 0. The average molecular weight is 94.1 g/mol. The van der Waals surface area contributed by atoms with Gasteiger partial charge in [0.25, 0.3) is 0 Å². The molecule has 0 fully saturated rings. The Bertz CT molecular complexity index is 138.